The van der Waals surface area contributed by atoms with E-state index in [0.29, 0.717) is 38.1 Å². The Morgan fingerprint density at radius 2 is 1.80 bits per heavy atom. The highest BCUT2D eigenvalue weighted by Crippen LogP contribution is 2.49. The van der Waals surface area contributed by atoms with Crippen LogP contribution in [0, 0.1) is 17.8 Å². The second kappa shape index (κ2) is 12.4. The van der Waals surface area contributed by atoms with Crippen LogP contribution in [0.25, 0.3) is 16.5 Å². The lowest BCUT2D eigenvalue weighted by atomic mass is 9.79. The Bertz CT molecular complexity index is 1770. The van der Waals surface area contributed by atoms with Crippen LogP contribution >= 0.6 is 0 Å². The maximum atomic E-state index is 14.3. The molecule has 0 spiro atoms. The molecule has 0 unspecified atom stereocenters. The highest BCUT2D eigenvalue weighted by Gasteiger charge is 2.72. The van der Waals surface area contributed by atoms with Crippen molar-refractivity contribution in [1.82, 2.24) is 25.0 Å². The molecule has 5 N–H and O–H groups in total. The number of hydrogen-bond donors (Lipinski definition) is 5. The van der Waals surface area contributed by atoms with Crippen molar-refractivity contribution < 1.29 is 44.0 Å². The Labute approximate surface area is 283 Å². The Morgan fingerprint density at radius 1 is 1.10 bits per heavy atom. The van der Waals surface area contributed by atoms with Gasteiger partial charge in [-0.25, -0.2) is 9.59 Å². The molecule has 1 aliphatic carbocycles. The van der Waals surface area contributed by atoms with E-state index in [1.807, 2.05) is 33.0 Å². The smallest absolute Gasteiger partial charge is 0.328 e. The standard InChI is InChI=1S/C31H39N5O5.C4H4O4/c1-16(2)26-28(38)35-11-7-10-24(35)31(40)36(26)29(39)30(41-31,17(3)4)33-27(37)19-12-21-20-8-6-9-22-25(20)18(14-32-22)13-23(21)34(5)15-19;5-3(6)1-2-4(7)8/h6,8-9,12,14,16-17,19,23-24,26,32,40H,7,10-11,13,15H2,1-5H3,(H,33,37);1-2H,(H,5,6)(H,7,8)/b;2-1-/t19-,23-,24+,26+,30-,31+;/m1./s1. The van der Waals surface area contributed by atoms with Crippen LogP contribution in [0.5, 0.6) is 0 Å². The number of rotatable bonds is 6. The number of piperazine rings is 1. The van der Waals surface area contributed by atoms with Gasteiger partial charge in [-0.3, -0.25) is 28.9 Å². The number of hydrogen-bond acceptors (Lipinski definition) is 8. The zero-order valence-electron chi connectivity index (χ0n) is 28.2. The van der Waals surface area contributed by atoms with Crippen LogP contribution in [0.3, 0.4) is 0 Å². The number of carbonyl (C=O) groups excluding carboxylic acids is 3. The number of aromatic amines is 1. The molecule has 262 valence electrons. The highest BCUT2D eigenvalue weighted by molar-refractivity contribution is 6.01. The Kier molecular flexibility index (Phi) is 8.70. The number of nitrogens with one attached hydrogen (secondary N) is 2. The zero-order chi connectivity index (χ0) is 35.6. The van der Waals surface area contributed by atoms with E-state index in [1.165, 1.54) is 15.8 Å². The predicted molar refractivity (Wildman–Crippen MR) is 176 cm³/mol. The second-order valence-corrected chi connectivity index (χ2v) is 14.1. The maximum Gasteiger partial charge on any atom is 0.328 e. The minimum Gasteiger partial charge on any atom is -0.478 e. The molecular formula is C35H43N5O9. The number of aliphatic hydroxyl groups is 1. The molecule has 0 bridgehead atoms. The number of carboxylic acids is 2. The van der Waals surface area contributed by atoms with E-state index in [9.17, 15) is 29.1 Å². The van der Waals surface area contributed by atoms with E-state index in [1.54, 1.807) is 18.7 Å². The molecule has 5 aliphatic rings. The van der Waals surface area contributed by atoms with Gasteiger partial charge in [0.1, 0.15) is 12.1 Å². The molecule has 6 atom stereocenters. The molecule has 3 amide bonds. The van der Waals surface area contributed by atoms with E-state index in [-0.39, 0.29) is 23.8 Å². The summed E-state index contributed by atoms with van der Waals surface area (Å²) in [5.74, 6) is -6.87. The summed E-state index contributed by atoms with van der Waals surface area (Å²) in [6.45, 7) is 8.32. The predicted octanol–water partition coefficient (Wildman–Crippen LogP) is 1.75. The number of nitrogens with zero attached hydrogens (tertiary/aromatic N) is 3. The van der Waals surface area contributed by atoms with Crippen molar-refractivity contribution in [3.05, 3.63) is 53.8 Å². The van der Waals surface area contributed by atoms with Gasteiger partial charge in [0.05, 0.1) is 5.92 Å². The fourth-order valence-electron chi connectivity index (χ4n) is 8.11. The lowest BCUT2D eigenvalue weighted by molar-refractivity contribution is -0.323. The summed E-state index contributed by atoms with van der Waals surface area (Å²) in [4.78, 5) is 69.5. The van der Waals surface area contributed by atoms with Gasteiger partial charge in [-0.1, -0.05) is 45.9 Å². The van der Waals surface area contributed by atoms with E-state index in [4.69, 9.17) is 14.9 Å². The lowest BCUT2D eigenvalue weighted by Crippen LogP contribution is -2.72. The van der Waals surface area contributed by atoms with Crippen LogP contribution in [-0.4, -0.2) is 115 Å². The largest absolute Gasteiger partial charge is 0.478 e. The van der Waals surface area contributed by atoms with E-state index < -0.39 is 53.4 Å². The normalized spacial score (nSPS) is 30.7. The minimum absolute atomic E-state index is 0.150. The molecule has 3 saturated heterocycles. The van der Waals surface area contributed by atoms with Gasteiger partial charge in [-0.15, -0.1) is 0 Å². The van der Waals surface area contributed by atoms with Gasteiger partial charge in [0.2, 0.25) is 17.5 Å². The first-order chi connectivity index (χ1) is 23.1. The Balaban J connectivity index is 0.000000466. The van der Waals surface area contributed by atoms with Gasteiger partial charge in [0.15, 0.2) is 0 Å². The van der Waals surface area contributed by atoms with Gasteiger partial charge >= 0.3 is 11.9 Å². The van der Waals surface area contributed by atoms with Gasteiger partial charge in [-0.2, -0.15) is 0 Å². The van der Waals surface area contributed by atoms with E-state index in [0.717, 1.165) is 23.1 Å². The van der Waals surface area contributed by atoms with Crippen molar-refractivity contribution in [2.24, 2.45) is 17.8 Å². The van der Waals surface area contributed by atoms with Crippen LogP contribution < -0.4 is 5.32 Å². The molecule has 5 heterocycles. The first-order valence-corrected chi connectivity index (χ1v) is 16.6. The molecule has 4 aliphatic heterocycles. The summed E-state index contributed by atoms with van der Waals surface area (Å²) in [7, 11) is 2.03. The molecule has 3 fully saturated rings. The SMILES string of the molecule is CC(C)[C@H]1C(=O)N2CCC[C@H]2[C@]2(O)O[C@](NC(=O)[C@@H]3C=C4c5cccc6[nH]cc(c56)C[C@H]4N(C)C3)(C(C)C)C(=O)N12.O=C(O)/C=C\C(=O)O. The van der Waals surface area contributed by atoms with Gasteiger partial charge in [-0.05, 0) is 55.0 Å². The number of aromatic nitrogens is 1. The van der Waals surface area contributed by atoms with Gasteiger partial charge in [0.25, 0.3) is 11.8 Å². The van der Waals surface area contributed by atoms with Crippen LogP contribution in [-0.2, 0) is 35.1 Å². The monoisotopic (exact) mass is 677 g/mol. The average molecular weight is 678 g/mol. The number of fused-ring (bicyclic) bond motifs is 5. The summed E-state index contributed by atoms with van der Waals surface area (Å²) < 4.78 is 6.40. The Morgan fingerprint density at radius 3 is 2.43 bits per heavy atom. The third-order valence-electron chi connectivity index (χ3n) is 10.4. The van der Waals surface area contributed by atoms with Crippen molar-refractivity contribution >= 4 is 46.1 Å². The number of likely N-dealkylation sites (N-methyl/N-ethyl adjacent to an activating group) is 1. The summed E-state index contributed by atoms with van der Waals surface area (Å²) in [6.07, 6.45) is 7.33. The maximum absolute atomic E-state index is 14.3. The number of benzene rings is 1. The van der Waals surface area contributed by atoms with Gasteiger partial charge in [0, 0.05) is 54.3 Å². The molecule has 1 aromatic carbocycles. The van der Waals surface area contributed by atoms with Crippen LogP contribution in [0.4, 0.5) is 0 Å². The molecular weight excluding hydrogens is 634 g/mol. The van der Waals surface area contributed by atoms with Crippen molar-refractivity contribution in [3.8, 4) is 0 Å². The molecule has 1 aromatic heterocycles. The number of aliphatic carboxylic acids is 2. The average Bonchev–Trinajstić information content (AvgIpc) is 3.75. The quantitative estimate of drug-likeness (QED) is 0.282. The third-order valence-corrected chi connectivity index (χ3v) is 10.4. The molecule has 14 heteroatoms. The van der Waals surface area contributed by atoms with Crippen LogP contribution in [0.15, 0.2) is 42.6 Å². The van der Waals surface area contributed by atoms with Crippen LogP contribution in [0.1, 0.15) is 51.7 Å². The summed E-state index contributed by atoms with van der Waals surface area (Å²) in [5.41, 5.74) is 2.78. The molecule has 0 saturated carbocycles. The van der Waals surface area contributed by atoms with E-state index >= 15 is 0 Å². The van der Waals surface area contributed by atoms with Gasteiger partial charge < -0.3 is 30.5 Å². The zero-order valence-corrected chi connectivity index (χ0v) is 28.2. The number of ether oxygens (including phenoxy) is 1. The number of amides is 3. The Hall–Kier alpha value is -4.53. The molecule has 49 heavy (non-hydrogen) atoms. The lowest BCUT2D eigenvalue weighted by Gasteiger charge is -2.49. The fourth-order valence-corrected chi connectivity index (χ4v) is 8.11. The van der Waals surface area contributed by atoms with Crippen LogP contribution in [0.2, 0.25) is 0 Å². The number of H-pyrrole nitrogens is 1. The molecule has 14 nitrogen and oxygen atoms in total. The molecule has 7 rings (SSSR count). The van der Waals surface area contributed by atoms with Crippen molar-refractivity contribution in [2.45, 2.75) is 76.7 Å². The molecule has 2 aromatic rings. The van der Waals surface area contributed by atoms with E-state index in [2.05, 4.69) is 33.5 Å². The summed E-state index contributed by atoms with van der Waals surface area (Å²) in [5, 5.41) is 31.9. The fraction of sp³-hybridized carbons (Fsp3) is 0.514. The first kappa shape index (κ1) is 34.3. The van der Waals surface area contributed by atoms with Crippen molar-refractivity contribution in [1.29, 1.82) is 0 Å². The molecule has 0 radical (unpaired) electrons. The minimum atomic E-state index is -2.01. The number of carboxylic acid groups (broad SMARTS) is 2. The van der Waals surface area contributed by atoms with Crippen molar-refractivity contribution in [3.63, 3.8) is 0 Å². The topological polar surface area (TPSA) is 193 Å². The number of carbonyl (C=O) groups is 5. The highest BCUT2D eigenvalue weighted by atomic mass is 16.7. The third kappa shape index (κ3) is 5.51. The van der Waals surface area contributed by atoms with Crippen molar-refractivity contribution in [2.75, 3.05) is 20.1 Å². The second-order valence-electron chi connectivity index (χ2n) is 14.1. The summed E-state index contributed by atoms with van der Waals surface area (Å²) in [6, 6.07) is 4.80. The summed E-state index contributed by atoms with van der Waals surface area (Å²) >= 11 is 0. The first-order valence-electron chi connectivity index (χ1n) is 16.6.